The van der Waals surface area contributed by atoms with Crippen LogP contribution in [0.15, 0.2) is 42.6 Å². The molecular weight excluding hydrogens is 485 g/mol. The summed E-state index contributed by atoms with van der Waals surface area (Å²) in [6.07, 6.45) is 0.632. The Hall–Kier alpha value is -4.33. The highest BCUT2D eigenvalue weighted by molar-refractivity contribution is 5.68. The Bertz CT molecular complexity index is 1340. The molecule has 0 radical (unpaired) electrons. The molecule has 0 aliphatic carbocycles. The van der Waals surface area contributed by atoms with Crippen LogP contribution in [0.3, 0.4) is 0 Å². The summed E-state index contributed by atoms with van der Waals surface area (Å²) in [4.78, 5) is 20.5. The lowest BCUT2D eigenvalue weighted by atomic mass is 10.00. The number of carbonyl (C=O) groups is 1. The molecule has 1 amide bonds. The number of amides is 1. The molecule has 0 unspecified atom stereocenters. The molecule has 3 rings (SSSR count). The van der Waals surface area contributed by atoms with Gasteiger partial charge in [-0.3, -0.25) is 4.98 Å². The van der Waals surface area contributed by atoms with Crippen molar-refractivity contribution in [3.8, 4) is 6.07 Å². The number of aryl methyl sites for hydroxylation is 1. The molecule has 8 nitrogen and oxygen atoms in total. The van der Waals surface area contributed by atoms with Gasteiger partial charge in [-0.15, -0.1) is 0 Å². The van der Waals surface area contributed by atoms with E-state index in [0.717, 1.165) is 6.07 Å². The first-order valence-corrected chi connectivity index (χ1v) is 11.4. The predicted molar refractivity (Wildman–Crippen MR) is 133 cm³/mol. The number of nitriles is 1. The Kier molecular flexibility index (Phi) is 8.22. The van der Waals surface area contributed by atoms with Crippen LogP contribution in [0.4, 0.5) is 35.3 Å². The Labute approximate surface area is 212 Å². The summed E-state index contributed by atoms with van der Waals surface area (Å²) in [6, 6.07) is 7.98. The van der Waals surface area contributed by atoms with Crippen LogP contribution in [0.2, 0.25) is 0 Å². The fourth-order valence-corrected chi connectivity index (χ4v) is 3.40. The lowest BCUT2D eigenvalue weighted by molar-refractivity contribution is 0.0503. The van der Waals surface area contributed by atoms with Crippen LogP contribution < -0.4 is 16.0 Å². The van der Waals surface area contributed by atoms with Crippen LogP contribution in [0.1, 0.15) is 50.6 Å². The minimum atomic E-state index is -0.860. The van der Waals surface area contributed by atoms with Crippen LogP contribution in [0.5, 0.6) is 0 Å². The second-order valence-electron chi connectivity index (χ2n) is 9.35. The first kappa shape index (κ1) is 27.3. The molecule has 3 N–H and O–H groups in total. The molecule has 3 aromatic rings. The van der Waals surface area contributed by atoms with Gasteiger partial charge in [0.2, 0.25) is 0 Å². The number of anilines is 3. The van der Waals surface area contributed by atoms with Crippen LogP contribution in [0, 0.1) is 35.7 Å². The number of halogens is 3. The normalized spacial score (nSPS) is 12.7. The Morgan fingerprint density at radius 1 is 1.11 bits per heavy atom. The van der Waals surface area contributed by atoms with Gasteiger partial charge >= 0.3 is 6.09 Å². The van der Waals surface area contributed by atoms with Crippen LogP contribution in [0.25, 0.3) is 0 Å². The number of hydrogen-bond donors (Lipinski definition) is 3. The zero-order valence-corrected chi connectivity index (χ0v) is 21.0. The van der Waals surface area contributed by atoms with E-state index in [1.165, 1.54) is 37.4 Å². The second kappa shape index (κ2) is 11.2. The molecule has 0 spiro atoms. The highest BCUT2D eigenvalue weighted by Crippen LogP contribution is 2.28. The Morgan fingerprint density at radius 2 is 1.84 bits per heavy atom. The number of alkyl carbamates (subject to hydrolysis) is 1. The van der Waals surface area contributed by atoms with Crippen molar-refractivity contribution in [1.82, 2.24) is 15.3 Å². The van der Waals surface area contributed by atoms with Gasteiger partial charge in [0.1, 0.15) is 23.3 Å². The number of benzene rings is 1. The SMILES string of the molecule is Cc1ncc(Nc2nc(N[C@H](c3cccc(F)c3)[C@H](C)NC(=O)OC(C)(C)C)c(F)cc2C#N)cc1F. The van der Waals surface area contributed by atoms with E-state index in [2.05, 4.69) is 25.9 Å². The van der Waals surface area contributed by atoms with Gasteiger partial charge in [-0.1, -0.05) is 12.1 Å². The van der Waals surface area contributed by atoms with E-state index in [9.17, 15) is 18.8 Å². The van der Waals surface area contributed by atoms with Crippen LogP contribution in [-0.2, 0) is 4.74 Å². The maximum absolute atomic E-state index is 15.0. The molecule has 2 atom stereocenters. The van der Waals surface area contributed by atoms with E-state index >= 15 is 4.39 Å². The van der Waals surface area contributed by atoms with E-state index in [1.807, 2.05) is 6.07 Å². The summed E-state index contributed by atoms with van der Waals surface area (Å²) in [5, 5.41) is 17.8. The monoisotopic (exact) mass is 512 g/mol. The maximum Gasteiger partial charge on any atom is 0.407 e. The molecule has 0 saturated carbocycles. The van der Waals surface area contributed by atoms with Crippen molar-refractivity contribution >= 4 is 23.4 Å². The molecule has 0 fully saturated rings. The number of hydrogen-bond acceptors (Lipinski definition) is 7. The lowest BCUT2D eigenvalue weighted by Crippen LogP contribution is -2.42. The Balaban J connectivity index is 1.97. The molecule has 11 heteroatoms. The fourth-order valence-electron chi connectivity index (χ4n) is 3.40. The maximum atomic E-state index is 15.0. The molecule has 0 bridgehead atoms. The summed E-state index contributed by atoms with van der Waals surface area (Å²) in [7, 11) is 0. The van der Waals surface area contributed by atoms with E-state index in [4.69, 9.17) is 4.74 Å². The summed E-state index contributed by atoms with van der Waals surface area (Å²) in [5.41, 5.74) is -0.104. The zero-order valence-electron chi connectivity index (χ0n) is 21.0. The van der Waals surface area contributed by atoms with Gasteiger partial charge in [0.25, 0.3) is 0 Å². The molecule has 1 aromatic carbocycles. The van der Waals surface area contributed by atoms with E-state index in [1.54, 1.807) is 33.8 Å². The van der Waals surface area contributed by atoms with Crippen molar-refractivity contribution in [2.45, 2.75) is 52.3 Å². The van der Waals surface area contributed by atoms with Crippen LogP contribution >= 0.6 is 0 Å². The third-order valence-electron chi connectivity index (χ3n) is 5.13. The number of nitrogens with one attached hydrogen (secondary N) is 3. The molecule has 2 heterocycles. The molecule has 0 aliphatic rings. The molecular formula is C26H27F3N6O2. The highest BCUT2D eigenvalue weighted by atomic mass is 19.1. The summed E-state index contributed by atoms with van der Waals surface area (Å²) >= 11 is 0. The first-order valence-electron chi connectivity index (χ1n) is 11.4. The van der Waals surface area contributed by atoms with Gasteiger partial charge in [0.15, 0.2) is 17.5 Å². The minimum absolute atomic E-state index is 0.0535. The number of aromatic nitrogens is 2. The topological polar surface area (TPSA) is 112 Å². The van der Waals surface area contributed by atoms with E-state index in [0.29, 0.717) is 5.56 Å². The van der Waals surface area contributed by atoms with E-state index in [-0.39, 0.29) is 28.6 Å². The number of ether oxygens (including phenoxy) is 1. The van der Waals surface area contributed by atoms with Gasteiger partial charge in [-0.05, 0) is 58.4 Å². The van der Waals surface area contributed by atoms with Crippen molar-refractivity contribution in [3.63, 3.8) is 0 Å². The number of pyridine rings is 2. The smallest absolute Gasteiger partial charge is 0.407 e. The van der Waals surface area contributed by atoms with E-state index < -0.39 is 41.2 Å². The Morgan fingerprint density at radius 3 is 2.46 bits per heavy atom. The molecule has 194 valence electrons. The molecule has 0 aliphatic heterocycles. The second-order valence-corrected chi connectivity index (χ2v) is 9.35. The molecule has 37 heavy (non-hydrogen) atoms. The minimum Gasteiger partial charge on any atom is -0.444 e. The standard InChI is InChI=1S/C26H27F3N6O2/c1-14-20(28)11-19(13-31-14)33-23-17(12-30)10-21(29)24(35-23)34-22(16-7-6-8-18(27)9-16)15(2)32-25(36)37-26(3,4)5/h6-11,13,15,22H,1-5H3,(H,32,36)(H2,33,34,35)/t15-,22-/m0/s1. The van der Waals surface area contributed by atoms with Gasteiger partial charge in [-0.25, -0.2) is 22.9 Å². The molecule has 2 aromatic heterocycles. The number of carbonyl (C=O) groups excluding carboxylic acids is 1. The third-order valence-corrected chi connectivity index (χ3v) is 5.13. The highest BCUT2D eigenvalue weighted by Gasteiger charge is 2.26. The average molecular weight is 513 g/mol. The van der Waals surface area contributed by atoms with Crippen molar-refractivity contribution < 1.29 is 22.7 Å². The van der Waals surface area contributed by atoms with Crippen molar-refractivity contribution in [1.29, 1.82) is 5.26 Å². The summed E-state index contributed by atoms with van der Waals surface area (Å²) in [5.74, 6) is -2.30. The first-order chi connectivity index (χ1) is 17.4. The molecule has 0 saturated heterocycles. The van der Waals surface area contributed by atoms with Gasteiger partial charge in [0, 0.05) is 6.07 Å². The largest absolute Gasteiger partial charge is 0.444 e. The van der Waals surface area contributed by atoms with Crippen molar-refractivity contribution in [3.05, 3.63) is 76.9 Å². The lowest BCUT2D eigenvalue weighted by Gasteiger charge is -2.29. The fraction of sp³-hybridized carbons (Fsp3) is 0.308. The average Bonchev–Trinajstić information content (AvgIpc) is 2.80. The number of rotatable bonds is 7. The quantitative estimate of drug-likeness (QED) is 0.362. The third kappa shape index (κ3) is 7.33. The predicted octanol–water partition coefficient (Wildman–Crippen LogP) is 5.88. The van der Waals surface area contributed by atoms with Gasteiger partial charge < -0.3 is 20.7 Å². The summed E-state index contributed by atoms with van der Waals surface area (Å²) < 4.78 is 48.3. The summed E-state index contributed by atoms with van der Waals surface area (Å²) in [6.45, 7) is 8.25. The van der Waals surface area contributed by atoms with Crippen molar-refractivity contribution in [2.75, 3.05) is 10.6 Å². The van der Waals surface area contributed by atoms with Gasteiger partial charge in [-0.2, -0.15) is 5.26 Å². The van der Waals surface area contributed by atoms with Crippen molar-refractivity contribution in [2.24, 2.45) is 0 Å². The van der Waals surface area contributed by atoms with Gasteiger partial charge in [0.05, 0.1) is 35.2 Å². The van der Waals surface area contributed by atoms with Crippen LogP contribution in [-0.4, -0.2) is 27.7 Å². The number of nitrogens with zero attached hydrogens (tertiary/aromatic N) is 3. The zero-order chi connectivity index (χ0) is 27.3.